The number of methoxy groups -OCH3 is 1. The van der Waals surface area contributed by atoms with E-state index in [4.69, 9.17) is 4.74 Å². The number of ether oxygens (including phenoxy) is 1. The van der Waals surface area contributed by atoms with Crippen molar-refractivity contribution >= 4 is 28.5 Å². The Bertz CT molecular complexity index is 1390. The highest BCUT2D eigenvalue weighted by atomic mass is 32.2. The molecule has 36 heavy (non-hydrogen) atoms. The van der Waals surface area contributed by atoms with Gasteiger partial charge in [0.15, 0.2) is 0 Å². The van der Waals surface area contributed by atoms with Crippen LogP contribution in [0, 0.1) is 11.6 Å². The van der Waals surface area contributed by atoms with Crippen molar-refractivity contribution in [3.8, 4) is 11.1 Å². The van der Waals surface area contributed by atoms with Gasteiger partial charge in [0.2, 0.25) is 0 Å². The van der Waals surface area contributed by atoms with E-state index in [1.165, 1.54) is 11.7 Å². The first-order valence-corrected chi connectivity index (χ1v) is 12.3. The maximum atomic E-state index is 14.9. The first-order chi connectivity index (χ1) is 17.1. The smallest absolute Gasteiger partial charge is 0.379 e. The zero-order chi connectivity index (χ0) is 25.8. The van der Waals surface area contributed by atoms with Crippen LogP contribution in [0.4, 0.5) is 27.8 Å². The predicted octanol–water partition coefficient (Wildman–Crippen LogP) is 4.23. The molecule has 2 aliphatic rings. The first-order valence-electron chi connectivity index (χ1n) is 11.3. The second kappa shape index (κ2) is 9.31. The monoisotopic (exact) mass is 526 g/mol. The van der Waals surface area contributed by atoms with E-state index in [2.05, 4.69) is 9.88 Å². The molecule has 5 rings (SSSR count). The number of hydrogen-bond acceptors (Lipinski definition) is 6. The molecule has 2 aliphatic heterocycles. The zero-order valence-corrected chi connectivity index (χ0v) is 20.3. The minimum absolute atomic E-state index is 0.0819. The van der Waals surface area contributed by atoms with Crippen LogP contribution in [0.3, 0.4) is 0 Å². The van der Waals surface area contributed by atoms with Crippen LogP contribution in [0.25, 0.3) is 22.0 Å². The Morgan fingerprint density at radius 3 is 2.47 bits per heavy atom. The van der Waals surface area contributed by atoms with Gasteiger partial charge >= 0.3 is 11.9 Å². The van der Waals surface area contributed by atoms with Gasteiger partial charge in [0.25, 0.3) is 0 Å². The Hall–Kier alpha value is -2.70. The van der Waals surface area contributed by atoms with E-state index in [9.17, 15) is 26.7 Å². The normalized spacial score (nSPS) is 19.1. The Morgan fingerprint density at radius 2 is 1.83 bits per heavy atom. The van der Waals surface area contributed by atoms with Crippen molar-refractivity contribution in [2.75, 3.05) is 51.0 Å². The van der Waals surface area contributed by atoms with Crippen LogP contribution in [-0.2, 0) is 17.5 Å². The number of nitrogens with zero attached hydrogens (tertiary/aromatic N) is 4. The number of alkyl halides is 3. The molecule has 1 fully saturated rings. The van der Waals surface area contributed by atoms with Gasteiger partial charge in [0.05, 0.1) is 23.7 Å². The van der Waals surface area contributed by atoms with Gasteiger partial charge in [-0.05, 0) is 25.2 Å². The summed E-state index contributed by atoms with van der Waals surface area (Å²) < 4.78 is 78.9. The van der Waals surface area contributed by atoms with E-state index in [-0.39, 0.29) is 39.5 Å². The number of benzene rings is 2. The van der Waals surface area contributed by atoms with Gasteiger partial charge in [0, 0.05) is 66.5 Å². The number of aromatic nitrogens is 2. The summed E-state index contributed by atoms with van der Waals surface area (Å²) in [5.41, 5.74) is -2.24. The third-order valence-corrected chi connectivity index (χ3v) is 7.86. The number of thioether (sulfide) groups is 1. The number of rotatable bonds is 3. The van der Waals surface area contributed by atoms with Gasteiger partial charge in [-0.25, -0.2) is 13.6 Å². The Balaban J connectivity index is 1.90. The highest BCUT2D eigenvalue weighted by Gasteiger charge is 2.39. The Morgan fingerprint density at radius 1 is 1.11 bits per heavy atom. The highest BCUT2D eigenvalue weighted by Crippen LogP contribution is 2.48. The number of likely N-dealkylation sites (N-methyl/N-ethyl adjacent to an activating group) is 1. The van der Waals surface area contributed by atoms with Gasteiger partial charge in [-0.2, -0.15) is 18.2 Å². The van der Waals surface area contributed by atoms with Crippen molar-refractivity contribution in [1.82, 2.24) is 14.5 Å². The summed E-state index contributed by atoms with van der Waals surface area (Å²) in [6, 6.07) is 3.42. The van der Waals surface area contributed by atoms with E-state index in [1.54, 1.807) is 0 Å². The molecule has 0 saturated carbocycles. The van der Waals surface area contributed by atoms with Crippen LogP contribution >= 0.6 is 11.8 Å². The van der Waals surface area contributed by atoms with Crippen LogP contribution in [-0.4, -0.2) is 66.6 Å². The molecule has 192 valence electrons. The van der Waals surface area contributed by atoms with Crippen molar-refractivity contribution in [3.63, 3.8) is 0 Å². The summed E-state index contributed by atoms with van der Waals surface area (Å²) in [6.45, 7) is 2.37. The predicted molar refractivity (Wildman–Crippen MR) is 128 cm³/mol. The van der Waals surface area contributed by atoms with Gasteiger partial charge < -0.3 is 14.5 Å². The fourth-order valence-electron chi connectivity index (χ4n) is 4.72. The molecule has 1 saturated heterocycles. The standard InChI is InChI=1S/C24H23F5N4O2S/c1-31-5-7-32(8-6-31)22-16-10-17(24(27,28)29)19(15-4-3-13(25)9-18(15)26)21-20(16)33(23(34)30-22)11-14(35-2)12-36-21/h3-4,9-10,14H,5-8,11-12H2,1-2H3. The molecule has 0 N–H and O–H groups in total. The molecule has 2 aromatic carbocycles. The van der Waals surface area contributed by atoms with E-state index < -0.39 is 40.7 Å². The van der Waals surface area contributed by atoms with Crippen LogP contribution in [0.2, 0.25) is 0 Å². The first kappa shape index (κ1) is 25.0. The van der Waals surface area contributed by atoms with E-state index in [0.29, 0.717) is 32.2 Å². The highest BCUT2D eigenvalue weighted by molar-refractivity contribution is 7.99. The SMILES string of the molecule is COC1CSc2c(-c3ccc(F)cc3F)c(C(F)(F)F)cc3c(N4CCN(C)CC4)nc(=O)n(c23)C1. The summed E-state index contributed by atoms with van der Waals surface area (Å²) >= 11 is 1.06. The van der Waals surface area contributed by atoms with Gasteiger partial charge in [0.1, 0.15) is 17.5 Å². The Labute approximate surface area is 207 Å². The lowest BCUT2D eigenvalue weighted by molar-refractivity contribution is -0.137. The topological polar surface area (TPSA) is 50.6 Å². The van der Waals surface area contributed by atoms with Crippen molar-refractivity contribution < 1.29 is 26.7 Å². The van der Waals surface area contributed by atoms with Gasteiger partial charge in [-0.15, -0.1) is 11.8 Å². The van der Waals surface area contributed by atoms with Crippen molar-refractivity contribution in [1.29, 1.82) is 0 Å². The second-order valence-corrected chi connectivity index (χ2v) is 9.96. The second-order valence-electron chi connectivity index (χ2n) is 8.93. The Kier molecular flexibility index (Phi) is 6.46. The molecule has 3 aromatic rings. The fourth-order valence-corrected chi connectivity index (χ4v) is 6.04. The average Bonchev–Trinajstić information content (AvgIpc) is 3.02. The lowest BCUT2D eigenvalue weighted by Gasteiger charge is -2.34. The minimum Gasteiger partial charge on any atom is -0.379 e. The molecule has 6 nitrogen and oxygen atoms in total. The van der Waals surface area contributed by atoms with Crippen LogP contribution in [0.15, 0.2) is 34.0 Å². The number of piperazine rings is 1. The molecule has 1 aromatic heterocycles. The van der Waals surface area contributed by atoms with E-state index in [0.717, 1.165) is 30.0 Å². The minimum atomic E-state index is -4.85. The molecule has 12 heteroatoms. The molecule has 1 unspecified atom stereocenters. The molecule has 0 amide bonds. The number of anilines is 1. The van der Waals surface area contributed by atoms with Crippen LogP contribution in [0.1, 0.15) is 5.56 Å². The van der Waals surface area contributed by atoms with Crippen LogP contribution < -0.4 is 10.6 Å². The summed E-state index contributed by atoms with van der Waals surface area (Å²) in [5.74, 6) is -1.62. The third-order valence-electron chi connectivity index (χ3n) is 6.64. The molecule has 0 spiro atoms. The van der Waals surface area contributed by atoms with Gasteiger partial charge in [-0.3, -0.25) is 4.57 Å². The van der Waals surface area contributed by atoms with Gasteiger partial charge in [-0.1, -0.05) is 0 Å². The fraction of sp³-hybridized carbons (Fsp3) is 0.417. The third kappa shape index (κ3) is 4.35. The van der Waals surface area contributed by atoms with Crippen LogP contribution in [0.5, 0.6) is 0 Å². The van der Waals surface area contributed by atoms with E-state index in [1.807, 2.05) is 11.9 Å². The number of hydrogen-bond donors (Lipinski definition) is 0. The summed E-state index contributed by atoms with van der Waals surface area (Å²) in [7, 11) is 3.39. The lowest BCUT2D eigenvalue weighted by atomic mass is 9.95. The average molecular weight is 527 g/mol. The summed E-state index contributed by atoms with van der Waals surface area (Å²) in [4.78, 5) is 21.4. The molecule has 0 bridgehead atoms. The zero-order valence-electron chi connectivity index (χ0n) is 19.5. The van der Waals surface area contributed by atoms with Crippen molar-refractivity contribution in [3.05, 3.63) is 51.9 Å². The number of halogens is 5. The van der Waals surface area contributed by atoms with E-state index >= 15 is 0 Å². The lowest BCUT2D eigenvalue weighted by Crippen LogP contribution is -2.45. The quantitative estimate of drug-likeness (QED) is 0.477. The molecule has 0 radical (unpaired) electrons. The molecule has 3 heterocycles. The summed E-state index contributed by atoms with van der Waals surface area (Å²) in [5, 5.41) is 0.164. The molecule has 0 aliphatic carbocycles. The maximum Gasteiger partial charge on any atom is 0.417 e. The largest absolute Gasteiger partial charge is 0.417 e. The van der Waals surface area contributed by atoms with Crippen molar-refractivity contribution in [2.24, 2.45) is 0 Å². The molecule has 1 atom stereocenters. The molecular weight excluding hydrogens is 503 g/mol. The maximum absolute atomic E-state index is 14.9. The summed E-state index contributed by atoms with van der Waals surface area (Å²) in [6.07, 6.45) is -5.34. The van der Waals surface area contributed by atoms with Crippen molar-refractivity contribution in [2.45, 2.75) is 23.7 Å². The molecular formula is C24H23F5N4O2S.